The number of piperazine rings is 1. The van der Waals surface area contributed by atoms with Crippen molar-refractivity contribution in [2.24, 2.45) is 5.73 Å². The van der Waals surface area contributed by atoms with Gasteiger partial charge in [-0.2, -0.15) is 0 Å². The Balaban J connectivity index is 1.98. The Labute approximate surface area is 119 Å². The molecule has 0 amide bonds. The van der Waals surface area contributed by atoms with Crippen LogP contribution in [0.4, 0.5) is 0 Å². The van der Waals surface area contributed by atoms with Gasteiger partial charge in [-0.3, -0.25) is 9.80 Å². The van der Waals surface area contributed by atoms with Crippen LogP contribution in [-0.4, -0.2) is 53.6 Å². The monoisotopic (exact) mass is 267 g/mol. The quantitative estimate of drug-likeness (QED) is 0.780. The molecule has 19 heavy (non-hydrogen) atoms. The maximum absolute atomic E-state index is 6.20. The Kier molecular flexibility index (Phi) is 4.91. The predicted molar refractivity (Wildman–Crippen MR) is 82.4 cm³/mol. The summed E-state index contributed by atoms with van der Waals surface area (Å²) < 4.78 is 0. The SMILES string of the molecule is CC(C)(C)N1CCN(C2(CN)CCCCCC2)CC1. The van der Waals surface area contributed by atoms with E-state index in [0.29, 0.717) is 11.1 Å². The van der Waals surface area contributed by atoms with Crippen molar-refractivity contribution in [3.8, 4) is 0 Å². The molecule has 0 aromatic carbocycles. The smallest absolute Gasteiger partial charge is 0.0332 e. The number of rotatable bonds is 2. The molecular formula is C16H33N3. The van der Waals surface area contributed by atoms with Gasteiger partial charge in [0.05, 0.1) is 0 Å². The van der Waals surface area contributed by atoms with Gasteiger partial charge in [0.2, 0.25) is 0 Å². The van der Waals surface area contributed by atoms with Crippen LogP contribution in [0.25, 0.3) is 0 Å². The summed E-state index contributed by atoms with van der Waals surface area (Å²) in [5, 5.41) is 0. The van der Waals surface area contributed by atoms with Crippen molar-refractivity contribution in [3.63, 3.8) is 0 Å². The van der Waals surface area contributed by atoms with Crippen molar-refractivity contribution in [1.29, 1.82) is 0 Å². The van der Waals surface area contributed by atoms with Gasteiger partial charge in [-0.05, 0) is 33.6 Å². The molecule has 2 fully saturated rings. The second-order valence-electron chi connectivity index (χ2n) is 7.49. The van der Waals surface area contributed by atoms with Crippen molar-refractivity contribution in [1.82, 2.24) is 9.80 Å². The van der Waals surface area contributed by atoms with Gasteiger partial charge in [0.15, 0.2) is 0 Å². The summed E-state index contributed by atoms with van der Waals surface area (Å²) in [6.07, 6.45) is 8.19. The van der Waals surface area contributed by atoms with Crippen LogP contribution in [0.2, 0.25) is 0 Å². The fourth-order valence-corrected chi connectivity index (χ4v) is 3.89. The van der Waals surface area contributed by atoms with E-state index in [2.05, 4.69) is 30.6 Å². The third-order valence-electron chi connectivity index (χ3n) is 5.31. The van der Waals surface area contributed by atoms with E-state index in [9.17, 15) is 0 Å². The average Bonchev–Trinajstić information content (AvgIpc) is 2.64. The van der Waals surface area contributed by atoms with Gasteiger partial charge < -0.3 is 5.73 Å². The molecule has 1 heterocycles. The molecule has 0 atom stereocenters. The first-order chi connectivity index (χ1) is 8.98. The van der Waals surface area contributed by atoms with Crippen molar-refractivity contribution in [2.45, 2.75) is 70.4 Å². The molecule has 1 aliphatic heterocycles. The van der Waals surface area contributed by atoms with E-state index in [0.717, 1.165) is 6.54 Å². The second-order valence-corrected chi connectivity index (χ2v) is 7.49. The zero-order valence-corrected chi connectivity index (χ0v) is 13.2. The van der Waals surface area contributed by atoms with Gasteiger partial charge in [0.1, 0.15) is 0 Å². The minimum absolute atomic E-state index is 0.311. The van der Waals surface area contributed by atoms with E-state index >= 15 is 0 Å². The summed E-state index contributed by atoms with van der Waals surface area (Å²) in [5.41, 5.74) is 6.83. The second kappa shape index (κ2) is 6.11. The first-order valence-corrected chi connectivity index (χ1v) is 8.18. The summed E-state index contributed by atoms with van der Waals surface area (Å²) in [4.78, 5) is 5.34. The highest BCUT2D eigenvalue weighted by Gasteiger charge is 2.38. The predicted octanol–water partition coefficient (Wildman–Crippen LogP) is 2.45. The third kappa shape index (κ3) is 3.50. The highest BCUT2D eigenvalue weighted by Crippen LogP contribution is 2.33. The fraction of sp³-hybridized carbons (Fsp3) is 1.00. The van der Waals surface area contributed by atoms with Gasteiger partial charge in [0.25, 0.3) is 0 Å². The largest absolute Gasteiger partial charge is 0.329 e. The standard InChI is InChI=1S/C16H33N3/c1-15(2,3)18-10-12-19(13-11-18)16(14-17)8-6-4-5-7-9-16/h4-14,17H2,1-3H3. The average molecular weight is 267 g/mol. The normalized spacial score (nSPS) is 27.2. The van der Waals surface area contributed by atoms with E-state index in [4.69, 9.17) is 5.73 Å². The molecule has 1 saturated carbocycles. The molecule has 2 N–H and O–H groups in total. The summed E-state index contributed by atoms with van der Waals surface area (Å²) >= 11 is 0. The lowest BCUT2D eigenvalue weighted by Crippen LogP contribution is -2.62. The molecule has 0 bridgehead atoms. The van der Waals surface area contributed by atoms with Crippen LogP contribution in [0, 0.1) is 0 Å². The molecule has 0 spiro atoms. The van der Waals surface area contributed by atoms with E-state index < -0.39 is 0 Å². The molecule has 0 unspecified atom stereocenters. The molecule has 2 rings (SSSR count). The molecule has 3 nitrogen and oxygen atoms in total. The zero-order chi connectivity index (χ0) is 13.9. The third-order valence-corrected chi connectivity index (χ3v) is 5.31. The zero-order valence-electron chi connectivity index (χ0n) is 13.2. The van der Waals surface area contributed by atoms with Gasteiger partial charge in [0, 0.05) is 43.8 Å². The van der Waals surface area contributed by atoms with Crippen LogP contribution in [0.5, 0.6) is 0 Å². The van der Waals surface area contributed by atoms with Crippen LogP contribution in [0.3, 0.4) is 0 Å². The first kappa shape index (κ1) is 15.3. The lowest BCUT2D eigenvalue weighted by atomic mass is 9.87. The number of nitrogens with zero attached hydrogens (tertiary/aromatic N) is 2. The number of nitrogens with two attached hydrogens (primary N) is 1. The highest BCUT2D eigenvalue weighted by atomic mass is 15.3. The van der Waals surface area contributed by atoms with Crippen LogP contribution < -0.4 is 5.73 Å². The highest BCUT2D eigenvalue weighted by molar-refractivity contribution is 4.96. The van der Waals surface area contributed by atoms with Crippen molar-refractivity contribution in [3.05, 3.63) is 0 Å². The summed E-state index contributed by atoms with van der Waals surface area (Å²) in [5.74, 6) is 0. The maximum Gasteiger partial charge on any atom is 0.0332 e. The Morgan fingerprint density at radius 2 is 1.42 bits per heavy atom. The summed E-state index contributed by atoms with van der Waals surface area (Å²) in [6.45, 7) is 12.6. The van der Waals surface area contributed by atoms with Crippen LogP contribution in [-0.2, 0) is 0 Å². The number of hydrogen-bond acceptors (Lipinski definition) is 3. The number of hydrogen-bond donors (Lipinski definition) is 1. The lowest BCUT2D eigenvalue weighted by Gasteiger charge is -2.50. The van der Waals surface area contributed by atoms with Crippen molar-refractivity contribution < 1.29 is 0 Å². The lowest BCUT2D eigenvalue weighted by molar-refractivity contribution is -0.00274. The van der Waals surface area contributed by atoms with E-state index in [1.54, 1.807) is 0 Å². The molecule has 0 aromatic heterocycles. The Bertz CT molecular complexity index is 266. The Hall–Kier alpha value is -0.120. The Morgan fingerprint density at radius 3 is 1.84 bits per heavy atom. The molecule has 0 aromatic rings. The fourth-order valence-electron chi connectivity index (χ4n) is 3.89. The summed E-state index contributed by atoms with van der Waals surface area (Å²) in [6, 6.07) is 0. The van der Waals surface area contributed by atoms with Crippen LogP contribution in [0.1, 0.15) is 59.3 Å². The van der Waals surface area contributed by atoms with Crippen LogP contribution >= 0.6 is 0 Å². The van der Waals surface area contributed by atoms with E-state index in [1.807, 2.05) is 0 Å². The van der Waals surface area contributed by atoms with Gasteiger partial charge >= 0.3 is 0 Å². The van der Waals surface area contributed by atoms with E-state index in [-0.39, 0.29) is 0 Å². The van der Waals surface area contributed by atoms with Gasteiger partial charge in [-0.15, -0.1) is 0 Å². The van der Waals surface area contributed by atoms with Crippen molar-refractivity contribution in [2.75, 3.05) is 32.7 Å². The van der Waals surface area contributed by atoms with Crippen molar-refractivity contribution >= 4 is 0 Å². The topological polar surface area (TPSA) is 32.5 Å². The minimum atomic E-state index is 0.311. The molecule has 0 radical (unpaired) electrons. The molecular weight excluding hydrogens is 234 g/mol. The van der Waals surface area contributed by atoms with Gasteiger partial charge in [-0.1, -0.05) is 25.7 Å². The maximum atomic E-state index is 6.20. The van der Waals surface area contributed by atoms with Gasteiger partial charge in [-0.25, -0.2) is 0 Å². The summed E-state index contributed by atoms with van der Waals surface area (Å²) in [7, 11) is 0. The minimum Gasteiger partial charge on any atom is -0.329 e. The first-order valence-electron chi connectivity index (χ1n) is 8.18. The molecule has 3 heteroatoms. The van der Waals surface area contributed by atoms with Crippen LogP contribution in [0.15, 0.2) is 0 Å². The molecule has 1 saturated heterocycles. The Morgan fingerprint density at radius 1 is 0.895 bits per heavy atom. The van der Waals surface area contributed by atoms with E-state index in [1.165, 1.54) is 64.7 Å². The molecule has 1 aliphatic carbocycles. The molecule has 2 aliphatic rings. The molecule has 112 valence electrons.